The second kappa shape index (κ2) is 12.3. The molecule has 242 valence electrons. The first-order valence-electron chi connectivity index (χ1n) is 15.6. The molecular formula is C35H31ClF3N5O3. The fourth-order valence-corrected chi connectivity index (χ4v) is 7.15. The van der Waals surface area contributed by atoms with Crippen LogP contribution in [-0.4, -0.2) is 48.4 Å². The standard InChI is InChI=1S/C35H31ClF3N5O3/c36-24-4-1-3-21(15-24)23-16-27(35(37,38)39)32(41-19-23)43-13-11-20(12-14-43)17-40-18-22-7-8-28-31-25(22)5-2-6-26(31)34(47)44(28)29-9-10-30(45)42-33(29)46/h1-8,15-16,19-20,29,40H,9-14,17-18H2,(H,42,45,46). The van der Waals surface area contributed by atoms with Gasteiger partial charge in [-0.1, -0.05) is 41.9 Å². The van der Waals surface area contributed by atoms with E-state index in [0.717, 1.165) is 22.4 Å². The summed E-state index contributed by atoms with van der Waals surface area (Å²) in [5, 5.41) is 8.01. The summed E-state index contributed by atoms with van der Waals surface area (Å²) >= 11 is 6.06. The van der Waals surface area contributed by atoms with Gasteiger partial charge in [0, 0.05) is 53.8 Å². The molecule has 1 unspecified atom stereocenters. The summed E-state index contributed by atoms with van der Waals surface area (Å²) < 4.78 is 42.5. The Labute approximate surface area is 273 Å². The highest BCUT2D eigenvalue weighted by atomic mass is 35.5. The number of piperidine rings is 2. The number of pyridine rings is 1. The van der Waals surface area contributed by atoms with E-state index in [1.54, 1.807) is 35.2 Å². The van der Waals surface area contributed by atoms with Gasteiger partial charge in [-0.25, -0.2) is 4.98 Å². The van der Waals surface area contributed by atoms with Crippen LogP contribution in [0.5, 0.6) is 0 Å². The highest BCUT2D eigenvalue weighted by molar-refractivity contribution is 6.31. The quantitative estimate of drug-likeness (QED) is 0.225. The number of halogens is 4. The number of hydrogen-bond donors (Lipinski definition) is 2. The van der Waals surface area contributed by atoms with E-state index >= 15 is 0 Å². The van der Waals surface area contributed by atoms with Crippen LogP contribution in [0, 0.1) is 5.92 Å². The van der Waals surface area contributed by atoms with Gasteiger partial charge in [0.25, 0.3) is 5.91 Å². The number of carbonyl (C=O) groups is 3. The SMILES string of the molecule is O=C1CCC(N2C(=O)c3cccc4c(CNCC5CCN(c6ncc(-c7cccc(Cl)c7)cc6C(F)(F)F)CC5)ccc2c34)C(=O)N1. The topological polar surface area (TPSA) is 94.6 Å². The first kappa shape index (κ1) is 31.1. The molecule has 2 saturated heterocycles. The molecule has 3 aliphatic rings. The van der Waals surface area contributed by atoms with Gasteiger partial charge in [0.1, 0.15) is 11.9 Å². The summed E-state index contributed by atoms with van der Waals surface area (Å²) in [5.41, 5.74) is 2.37. The van der Waals surface area contributed by atoms with Crippen LogP contribution in [0.25, 0.3) is 21.9 Å². The Kier molecular flexibility index (Phi) is 8.13. The number of hydrogen-bond acceptors (Lipinski definition) is 6. The molecule has 1 aromatic heterocycles. The van der Waals surface area contributed by atoms with E-state index in [1.165, 1.54) is 11.1 Å². The average Bonchev–Trinajstić information content (AvgIpc) is 3.34. The Morgan fingerprint density at radius 1 is 0.957 bits per heavy atom. The molecule has 0 radical (unpaired) electrons. The minimum absolute atomic E-state index is 0.0523. The second-order valence-electron chi connectivity index (χ2n) is 12.3. The van der Waals surface area contributed by atoms with Gasteiger partial charge in [-0.2, -0.15) is 13.2 Å². The van der Waals surface area contributed by atoms with Crippen molar-refractivity contribution in [1.82, 2.24) is 15.6 Å². The average molecular weight is 662 g/mol. The van der Waals surface area contributed by atoms with Crippen LogP contribution in [0.1, 0.15) is 47.2 Å². The molecule has 3 aliphatic heterocycles. The number of alkyl halides is 3. The molecule has 0 bridgehead atoms. The number of nitrogens with one attached hydrogen (secondary N) is 2. The molecule has 0 spiro atoms. The number of aromatic nitrogens is 1. The van der Waals surface area contributed by atoms with E-state index in [9.17, 15) is 27.6 Å². The third kappa shape index (κ3) is 5.94. The lowest BCUT2D eigenvalue weighted by molar-refractivity contribution is -0.137. The van der Waals surface area contributed by atoms with Crippen LogP contribution in [0.4, 0.5) is 24.7 Å². The van der Waals surface area contributed by atoms with Crippen LogP contribution >= 0.6 is 11.6 Å². The minimum atomic E-state index is -4.56. The predicted octanol–water partition coefficient (Wildman–Crippen LogP) is 6.35. The van der Waals surface area contributed by atoms with Crippen LogP contribution < -0.4 is 20.4 Å². The van der Waals surface area contributed by atoms with Crippen molar-refractivity contribution in [1.29, 1.82) is 0 Å². The predicted molar refractivity (Wildman–Crippen MR) is 173 cm³/mol. The fourth-order valence-electron chi connectivity index (χ4n) is 6.96. The maximum absolute atomic E-state index is 14.2. The van der Waals surface area contributed by atoms with Crippen molar-refractivity contribution in [3.8, 4) is 11.1 Å². The molecule has 8 nitrogen and oxygen atoms in total. The van der Waals surface area contributed by atoms with E-state index in [0.29, 0.717) is 66.4 Å². The Hall–Kier alpha value is -4.48. The van der Waals surface area contributed by atoms with Gasteiger partial charge in [0.2, 0.25) is 11.8 Å². The van der Waals surface area contributed by atoms with Crippen molar-refractivity contribution < 1.29 is 27.6 Å². The zero-order valence-electron chi connectivity index (χ0n) is 25.2. The molecule has 3 aromatic carbocycles. The lowest BCUT2D eigenvalue weighted by Crippen LogP contribution is -2.53. The molecule has 0 aliphatic carbocycles. The largest absolute Gasteiger partial charge is 0.419 e. The third-order valence-corrected chi connectivity index (χ3v) is 9.57. The monoisotopic (exact) mass is 661 g/mol. The van der Waals surface area contributed by atoms with Gasteiger partial charge < -0.3 is 10.2 Å². The molecule has 47 heavy (non-hydrogen) atoms. The number of rotatable bonds is 7. The highest BCUT2D eigenvalue weighted by Gasteiger charge is 2.41. The van der Waals surface area contributed by atoms with Gasteiger partial charge in [-0.3, -0.25) is 24.6 Å². The van der Waals surface area contributed by atoms with Crippen molar-refractivity contribution in [2.45, 2.75) is 44.4 Å². The summed E-state index contributed by atoms with van der Waals surface area (Å²) in [6, 6.07) is 16.5. The summed E-state index contributed by atoms with van der Waals surface area (Å²) in [7, 11) is 0. The molecule has 2 fully saturated rings. The van der Waals surface area contributed by atoms with Crippen LogP contribution in [0.15, 0.2) is 66.9 Å². The van der Waals surface area contributed by atoms with Gasteiger partial charge in [-0.05, 0) is 78.6 Å². The Morgan fingerprint density at radius 2 is 1.74 bits per heavy atom. The van der Waals surface area contributed by atoms with E-state index in [4.69, 9.17) is 11.6 Å². The lowest BCUT2D eigenvalue weighted by atomic mass is 9.95. The molecule has 0 saturated carbocycles. The number of carbonyl (C=O) groups excluding carboxylic acids is 3. The third-order valence-electron chi connectivity index (χ3n) is 9.33. The molecule has 1 atom stereocenters. The maximum Gasteiger partial charge on any atom is 0.419 e. The molecule has 4 heterocycles. The van der Waals surface area contributed by atoms with Crippen molar-refractivity contribution in [3.05, 3.63) is 88.6 Å². The van der Waals surface area contributed by atoms with Gasteiger partial charge in [0.05, 0.1) is 11.3 Å². The molecule has 12 heteroatoms. The van der Waals surface area contributed by atoms with Crippen molar-refractivity contribution >= 4 is 51.6 Å². The molecule has 4 aromatic rings. The van der Waals surface area contributed by atoms with Crippen molar-refractivity contribution in [2.24, 2.45) is 5.92 Å². The zero-order valence-corrected chi connectivity index (χ0v) is 26.0. The van der Waals surface area contributed by atoms with Crippen LogP contribution in [0.2, 0.25) is 5.02 Å². The van der Waals surface area contributed by atoms with E-state index < -0.39 is 23.7 Å². The number of nitrogens with zero attached hydrogens (tertiary/aromatic N) is 3. The minimum Gasteiger partial charge on any atom is -0.356 e. The first-order valence-corrected chi connectivity index (χ1v) is 16.0. The molecule has 2 N–H and O–H groups in total. The smallest absolute Gasteiger partial charge is 0.356 e. The summed E-state index contributed by atoms with van der Waals surface area (Å²) in [4.78, 5) is 45.2. The van der Waals surface area contributed by atoms with Crippen molar-refractivity contribution in [3.63, 3.8) is 0 Å². The molecule has 7 rings (SSSR count). The normalized spacial score (nSPS) is 18.7. The number of amides is 3. The van der Waals surface area contributed by atoms with Crippen LogP contribution in [-0.2, 0) is 22.3 Å². The summed E-state index contributed by atoms with van der Waals surface area (Å²) in [6.07, 6.45) is -1.21. The first-order chi connectivity index (χ1) is 22.6. The maximum atomic E-state index is 14.2. The van der Waals surface area contributed by atoms with E-state index in [2.05, 4.69) is 15.6 Å². The number of anilines is 2. The molecule has 3 amide bonds. The Morgan fingerprint density at radius 3 is 2.49 bits per heavy atom. The van der Waals surface area contributed by atoms with E-state index in [-0.39, 0.29) is 36.4 Å². The zero-order chi connectivity index (χ0) is 32.9. The van der Waals surface area contributed by atoms with Gasteiger partial charge in [0.15, 0.2) is 0 Å². The lowest BCUT2D eigenvalue weighted by Gasteiger charge is -2.34. The highest BCUT2D eigenvalue weighted by Crippen LogP contribution is 2.42. The number of benzene rings is 3. The molecular weight excluding hydrogens is 631 g/mol. The van der Waals surface area contributed by atoms with Crippen molar-refractivity contribution in [2.75, 3.05) is 29.4 Å². The van der Waals surface area contributed by atoms with Crippen LogP contribution in [0.3, 0.4) is 0 Å². The Balaban J connectivity index is 1.01. The fraction of sp³-hybridized carbons (Fsp3) is 0.314. The van der Waals surface area contributed by atoms with E-state index in [1.807, 2.05) is 24.3 Å². The number of imide groups is 1. The van der Waals surface area contributed by atoms with Gasteiger partial charge in [-0.15, -0.1) is 0 Å². The van der Waals surface area contributed by atoms with Gasteiger partial charge >= 0.3 is 6.18 Å². The summed E-state index contributed by atoms with van der Waals surface area (Å²) in [6.45, 7) is 2.14. The second-order valence-corrected chi connectivity index (χ2v) is 12.7. The Bertz CT molecular complexity index is 1910. The summed E-state index contributed by atoms with van der Waals surface area (Å²) in [5.74, 6) is -0.832.